The lowest BCUT2D eigenvalue weighted by Crippen LogP contribution is -2.56. The van der Waals surface area contributed by atoms with E-state index in [0.29, 0.717) is 5.56 Å². The van der Waals surface area contributed by atoms with Crippen LogP contribution in [0.15, 0.2) is 30.3 Å². The smallest absolute Gasteiger partial charge is 0.326 e. The van der Waals surface area contributed by atoms with Crippen molar-refractivity contribution >= 4 is 29.6 Å². The van der Waals surface area contributed by atoms with Crippen LogP contribution in [0.25, 0.3) is 0 Å². The number of carboxylic acid groups (broad SMARTS) is 1. The minimum Gasteiger partial charge on any atom is -0.480 e. The van der Waals surface area contributed by atoms with Gasteiger partial charge in [0, 0.05) is 6.42 Å². The third-order valence-corrected chi connectivity index (χ3v) is 4.20. The molecule has 4 amide bonds. The number of carbonyl (C=O) groups is 5. The maximum atomic E-state index is 12.3. The molecule has 0 radical (unpaired) electrons. The molecule has 12 nitrogen and oxygen atoms in total. The van der Waals surface area contributed by atoms with Gasteiger partial charge in [-0.1, -0.05) is 30.3 Å². The summed E-state index contributed by atoms with van der Waals surface area (Å²) in [5, 5.41) is 25.3. The van der Waals surface area contributed by atoms with E-state index in [9.17, 15) is 34.2 Å². The Morgan fingerprint density at radius 3 is 2.13 bits per heavy atom. The molecule has 170 valence electrons. The van der Waals surface area contributed by atoms with Crippen LogP contribution in [0.1, 0.15) is 18.9 Å². The average Bonchev–Trinajstić information content (AvgIpc) is 2.70. The summed E-state index contributed by atoms with van der Waals surface area (Å²) >= 11 is 0. The average molecular weight is 437 g/mol. The fourth-order valence-electron chi connectivity index (χ4n) is 2.48. The second kappa shape index (κ2) is 12.2. The SMILES string of the molecule is CC(O)C(N)C(=O)NC(CC(N)=O)C(=O)NCC(=O)NC(Cc1ccccc1)C(=O)O. The standard InChI is InChI=1S/C19H27N5O7/c1-10(25)16(21)18(29)24-12(8-14(20)26)17(28)22-9-15(27)23-13(19(30)31)7-11-5-3-2-4-6-11/h2-6,10,12-13,16,25H,7-9,21H2,1H3,(H2,20,26)(H,22,28)(H,23,27)(H,24,29)(H,30,31). The van der Waals surface area contributed by atoms with Crippen molar-refractivity contribution in [2.75, 3.05) is 6.54 Å². The first-order valence-electron chi connectivity index (χ1n) is 9.37. The highest BCUT2D eigenvalue weighted by Gasteiger charge is 2.28. The van der Waals surface area contributed by atoms with Gasteiger partial charge >= 0.3 is 5.97 Å². The van der Waals surface area contributed by atoms with Crippen molar-refractivity contribution in [1.29, 1.82) is 0 Å². The molecule has 0 aromatic heterocycles. The second-order valence-electron chi connectivity index (χ2n) is 6.86. The van der Waals surface area contributed by atoms with Crippen molar-refractivity contribution < 1.29 is 34.2 Å². The minimum absolute atomic E-state index is 0.0352. The molecule has 1 aromatic rings. The summed E-state index contributed by atoms with van der Waals surface area (Å²) in [7, 11) is 0. The molecule has 0 spiro atoms. The van der Waals surface area contributed by atoms with E-state index in [1.165, 1.54) is 6.92 Å². The van der Waals surface area contributed by atoms with Gasteiger partial charge in [0.2, 0.25) is 23.6 Å². The molecule has 0 aliphatic carbocycles. The zero-order chi connectivity index (χ0) is 23.6. The van der Waals surface area contributed by atoms with Crippen LogP contribution in [0.2, 0.25) is 0 Å². The molecule has 0 aliphatic heterocycles. The predicted octanol–water partition coefficient (Wildman–Crippen LogP) is -3.02. The third kappa shape index (κ3) is 9.23. The van der Waals surface area contributed by atoms with E-state index in [-0.39, 0.29) is 6.42 Å². The van der Waals surface area contributed by atoms with E-state index in [4.69, 9.17) is 11.5 Å². The van der Waals surface area contributed by atoms with Gasteiger partial charge < -0.3 is 37.6 Å². The molecule has 4 unspecified atom stereocenters. The van der Waals surface area contributed by atoms with Gasteiger partial charge in [-0.3, -0.25) is 19.2 Å². The number of benzene rings is 1. The summed E-state index contributed by atoms with van der Waals surface area (Å²) in [4.78, 5) is 58.9. The number of hydrogen-bond acceptors (Lipinski definition) is 7. The third-order valence-electron chi connectivity index (χ3n) is 4.20. The number of amides is 4. The second-order valence-corrected chi connectivity index (χ2v) is 6.86. The number of hydrogen-bond donors (Lipinski definition) is 7. The molecule has 0 bridgehead atoms. The van der Waals surface area contributed by atoms with Gasteiger partial charge in [0.25, 0.3) is 0 Å². The first kappa shape index (κ1) is 25.5. The number of aliphatic carboxylic acids is 1. The molecule has 0 saturated heterocycles. The molecule has 12 heteroatoms. The summed E-state index contributed by atoms with van der Waals surface area (Å²) in [6, 6.07) is 4.64. The fraction of sp³-hybridized carbons (Fsp3) is 0.421. The Kier molecular flexibility index (Phi) is 10.1. The number of primary amides is 1. The van der Waals surface area contributed by atoms with Crippen molar-refractivity contribution in [3.63, 3.8) is 0 Å². The number of aliphatic hydroxyl groups is 1. The molecule has 0 saturated carbocycles. The minimum atomic E-state index is -1.43. The Labute approximate surface area is 178 Å². The largest absolute Gasteiger partial charge is 0.480 e. The van der Waals surface area contributed by atoms with Crippen molar-refractivity contribution in [1.82, 2.24) is 16.0 Å². The van der Waals surface area contributed by atoms with Crippen molar-refractivity contribution in [3.8, 4) is 0 Å². The summed E-state index contributed by atoms with van der Waals surface area (Å²) in [6.07, 6.45) is -1.74. The Bertz CT molecular complexity index is 800. The number of aliphatic hydroxyl groups excluding tert-OH is 1. The summed E-state index contributed by atoms with van der Waals surface area (Å²) < 4.78 is 0. The van der Waals surface area contributed by atoms with Crippen LogP contribution in [-0.2, 0) is 30.4 Å². The van der Waals surface area contributed by atoms with Crippen molar-refractivity contribution in [2.24, 2.45) is 11.5 Å². The predicted molar refractivity (Wildman–Crippen MR) is 108 cm³/mol. The highest BCUT2D eigenvalue weighted by atomic mass is 16.4. The van der Waals surface area contributed by atoms with Crippen molar-refractivity contribution in [2.45, 2.75) is 44.0 Å². The van der Waals surface area contributed by atoms with Gasteiger partial charge in [0.1, 0.15) is 18.1 Å². The lowest BCUT2D eigenvalue weighted by atomic mass is 10.1. The molecule has 9 N–H and O–H groups in total. The van der Waals surface area contributed by atoms with E-state index in [2.05, 4.69) is 16.0 Å². The Morgan fingerprint density at radius 1 is 1.00 bits per heavy atom. The zero-order valence-corrected chi connectivity index (χ0v) is 16.9. The van der Waals surface area contributed by atoms with Gasteiger partial charge in [0.05, 0.1) is 19.1 Å². The molecule has 0 fully saturated rings. The normalized spacial score (nSPS) is 14.4. The highest BCUT2D eigenvalue weighted by Crippen LogP contribution is 2.03. The number of carbonyl (C=O) groups excluding carboxylic acids is 4. The maximum Gasteiger partial charge on any atom is 0.326 e. The Morgan fingerprint density at radius 2 is 1.61 bits per heavy atom. The Hall–Kier alpha value is -3.51. The molecule has 1 rings (SSSR count). The first-order valence-corrected chi connectivity index (χ1v) is 9.37. The lowest BCUT2D eigenvalue weighted by Gasteiger charge is -2.21. The van der Waals surface area contributed by atoms with E-state index in [1.54, 1.807) is 30.3 Å². The fourth-order valence-corrected chi connectivity index (χ4v) is 2.48. The van der Waals surface area contributed by atoms with E-state index < -0.39 is 66.8 Å². The number of nitrogens with two attached hydrogens (primary N) is 2. The summed E-state index contributed by atoms with van der Waals surface area (Å²) in [5.74, 6) is -4.75. The molecular weight excluding hydrogens is 410 g/mol. The molecule has 1 aromatic carbocycles. The van der Waals surface area contributed by atoms with E-state index >= 15 is 0 Å². The molecule has 0 aliphatic rings. The quantitative estimate of drug-likeness (QED) is 0.178. The molecule has 0 heterocycles. The van der Waals surface area contributed by atoms with E-state index in [1.807, 2.05) is 0 Å². The van der Waals surface area contributed by atoms with Crippen LogP contribution in [0, 0.1) is 0 Å². The van der Waals surface area contributed by atoms with Crippen molar-refractivity contribution in [3.05, 3.63) is 35.9 Å². The number of rotatable bonds is 12. The number of nitrogens with one attached hydrogen (secondary N) is 3. The molecule has 31 heavy (non-hydrogen) atoms. The van der Waals surface area contributed by atoms with Crippen LogP contribution < -0.4 is 27.4 Å². The van der Waals surface area contributed by atoms with Gasteiger partial charge in [0.15, 0.2) is 0 Å². The monoisotopic (exact) mass is 437 g/mol. The van der Waals surface area contributed by atoms with Gasteiger partial charge in [-0.15, -0.1) is 0 Å². The van der Waals surface area contributed by atoms with Gasteiger partial charge in [-0.2, -0.15) is 0 Å². The van der Waals surface area contributed by atoms with Gasteiger partial charge in [-0.25, -0.2) is 4.79 Å². The topological polar surface area (TPSA) is 214 Å². The lowest BCUT2D eigenvalue weighted by molar-refractivity contribution is -0.141. The highest BCUT2D eigenvalue weighted by molar-refractivity contribution is 5.95. The Balaban J connectivity index is 2.67. The summed E-state index contributed by atoms with van der Waals surface area (Å²) in [5.41, 5.74) is 11.2. The van der Waals surface area contributed by atoms with Crippen LogP contribution in [-0.4, -0.2) is 70.6 Å². The van der Waals surface area contributed by atoms with Crippen LogP contribution in [0.4, 0.5) is 0 Å². The molecular formula is C19H27N5O7. The summed E-state index contributed by atoms with van der Waals surface area (Å²) in [6.45, 7) is 0.664. The molecule has 4 atom stereocenters. The zero-order valence-electron chi connectivity index (χ0n) is 16.9. The number of carboxylic acids is 1. The van der Waals surface area contributed by atoms with Crippen LogP contribution in [0.3, 0.4) is 0 Å². The van der Waals surface area contributed by atoms with Gasteiger partial charge in [-0.05, 0) is 12.5 Å². The first-order chi connectivity index (χ1) is 14.5. The maximum absolute atomic E-state index is 12.3. The van der Waals surface area contributed by atoms with Crippen LogP contribution in [0.5, 0.6) is 0 Å². The van der Waals surface area contributed by atoms with Crippen LogP contribution >= 0.6 is 0 Å². The van der Waals surface area contributed by atoms with E-state index in [0.717, 1.165) is 0 Å².